The molecule has 3 rings (SSSR count). The lowest BCUT2D eigenvalue weighted by atomic mass is 10.1. The number of H-pyrrole nitrogens is 1. The number of aromatic amines is 1. The second kappa shape index (κ2) is 7.58. The number of benzene rings is 2. The van der Waals surface area contributed by atoms with E-state index in [1.165, 1.54) is 11.3 Å². The average Bonchev–Trinajstić information content (AvgIpc) is 3.04. The van der Waals surface area contributed by atoms with Crippen LogP contribution in [0, 0.1) is 17.8 Å². The van der Waals surface area contributed by atoms with Gasteiger partial charge in [0.05, 0.1) is 0 Å². The minimum atomic E-state index is -0.112. The Hall–Kier alpha value is -2.51. The normalized spacial score (nSPS) is 10.5. The molecule has 2 aromatic carbocycles. The van der Waals surface area contributed by atoms with Gasteiger partial charge in [-0.05, 0) is 55.4 Å². The van der Waals surface area contributed by atoms with Crippen LogP contribution in [-0.4, -0.2) is 22.6 Å². The van der Waals surface area contributed by atoms with E-state index in [4.69, 9.17) is 12.2 Å². The summed E-state index contributed by atoms with van der Waals surface area (Å²) in [6.07, 6.45) is 0. The number of nitrogens with zero attached hydrogens (tertiary/aromatic N) is 2. The van der Waals surface area contributed by atoms with Crippen molar-refractivity contribution in [2.75, 3.05) is 16.8 Å². The number of amides is 1. The van der Waals surface area contributed by atoms with Gasteiger partial charge in [0, 0.05) is 11.4 Å². The van der Waals surface area contributed by atoms with Crippen molar-refractivity contribution in [2.45, 2.75) is 13.8 Å². The van der Waals surface area contributed by atoms with Crippen LogP contribution >= 0.6 is 23.6 Å². The van der Waals surface area contributed by atoms with Gasteiger partial charge < -0.3 is 10.2 Å². The van der Waals surface area contributed by atoms with Gasteiger partial charge in [0.15, 0.2) is 3.95 Å². The van der Waals surface area contributed by atoms with E-state index in [9.17, 15) is 4.79 Å². The van der Waals surface area contributed by atoms with Gasteiger partial charge in [-0.3, -0.25) is 9.89 Å². The molecule has 0 aliphatic heterocycles. The predicted molar refractivity (Wildman–Crippen MR) is 105 cm³/mol. The molecule has 7 heteroatoms. The quantitative estimate of drug-likeness (QED) is 0.645. The van der Waals surface area contributed by atoms with Crippen LogP contribution in [0.25, 0.3) is 0 Å². The highest BCUT2D eigenvalue weighted by atomic mass is 32.1. The highest BCUT2D eigenvalue weighted by Crippen LogP contribution is 2.27. The number of rotatable bonds is 5. The zero-order chi connectivity index (χ0) is 17.8. The third kappa shape index (κ3) is 4.12. The van der Waals surface area contributed by atoms with E-state index in [1.807, 2.05) is 67.3 Å². The average molecular weight is 371 g/mol. The molecule has 1 amide bonds. The first-order chi connectivity index (χ1) is 12.0. The molecule has 0 bridgehead atoms. The van der Waals surface area contributed by atoms with Crippen molar-refractivity contribution in [3.8, 4) is 0 Å². The molecule has 0 aliphatic rings. The summed E-state index contributed by atoms with van der Waals surface area (Å²) >= 11 is 6.46. The standard InChI is InChI=1S/C18H18N4OS2/c1-12-7-6-10-15(13(12)2)19-16(23)11-22(14-8-4-3-5-9-14)17-20-21-18(24)25-17/h3-10H,11H2,1-2H3,(H,19,23)(H,21,24). The summed E-state index contributed by atoms with van der Waals surface area (Å²) in [7, 11) is 0. The maximum absolute atomic E-state index is 12.6. The van der Waals surface area contributed by atoms with Gasteiger partial charge in [-0.15, -0.1) is 5.10 Å². The Morgan fingerprint density at radius 1 is 1.20 bits per heavy atom. The molecular formula is C18H18N4OS2. The fourth-order valence-corrected chi connectivity index (χ4v) is 3.33. The highest BCUT2D eigenvalue weighted by molar-refractivity contribution is 7.73. The van der Waals surface area contributed by atoms with Crippen molar-refractivity contribution < 1.29 is 4.79 Å². The van der Waals surface area contributed by atoms with E-state index in [1.54, 1.807) is 0 Å². The van der Waals surface area contributed by atoms with Crippen molar-refractivity contribution in [3.63, 3.8) is 0 Å². The number of nitrogens with one attached hydrogen (secondary N) is 2. The molecule has 0 saturated carbocycles. The Bertz CT molecular complexity index is 934. The topological polar surface area (TPSA) is 61.0 Å². The molecule has 5 nitrogen and oxygen atoms in total. The van der Waals surface area contributed by atoms with Crippen LogP contribution < -0.4 is 10.2 Å². The Morgan fingerprint density at radius 3 is 2.64 bits per heavy atom. The number of carbonyl (C=O) groups excluding carboxylic acids is 1. The van der Waals surface area contributed by atoms with Crippen LogP contribution in [0.1, 0.15) is 11.1 Å². The Kier molecular flexibility index (Phi) is 5.25. The van der Waals surface area contributed by atoms with Gasteiger partial charge >= 0.3 is 0 Å². The fourth-order valence-electron chi connectivity index (χ4n) is 2.43. The van der Waals surface area contributed by atoms with Gasteiger partial charge in [0.1, 0.15) is 6.54 Å². The summed E-state index contributed by atoms with van der Waals surface area (Å²) in [5.41, 5.74) is 3.92. The van der Waals surface area contributed by atoms with E-state index in [-0.39, 0.29) is 12.5 Å². The SMILES string of the molecule is Cc1cccc(NC(=O)CN(c2ccccc2)c2n[nH]c(=S)s2)c1C. The van der Waals surface area contributed by atoms with Gasteiger partial charge in [-0.2, -0.15) is 0 Å². The number of aryl methyl sites for hydroxylation is 1. The van der Waals surface area contributed by atoms with Crippen molar-refractivity contribution in [3.05, 3.63) is 63.6 Å². The maximum Gasteiger partial charge on any atom is 0.244 e. The number of hydrogen-bond donors (Lipinski definition) is 2. The molecule has 0 spiro atoms. The van der Waals surface area contributed by atoms with Crippen LogP contribution in [0.4, 0.5) is 16.5 Å². The number of anilines is 3. The molecule has 0 atom stereocenters. The molecule has 0 aliphatic carbocycles. The van der Waals surface area contributed by atoms with E-state index < -0.39 is 0 Å². The molecule has 2 N–H and O–H groups in total. The molecule has 1 aromatic heterocycles. The lowest BCUT2D eigenvalue weighted by Gasteiger charge is -2.21. The first-order valence-corrected chi connectivity index (χ1v) is 9.01. The lowest BCUT2D eigenvalue weighted by molar-refractivity contribution is -0.114. The molecule has 0 radical (unpaired) electrons. The fraction of sp³-hybridized carbons (Fsp3) is 0.167. The molecule has 0 saturated heterocycles. The summed E-state index contributed by atoms with van der Waals surface area (Å²) < 4.78 is 0.575. The first-order valence-electron chi connectivity index (χ1n) is 7.79. The van der Waals surface area contributed by atoms with E-state index in [0.717, 1.165) is 22.5 Å². The summed E-state index contributed by atoms with van der Waals surface area (Å²) in [5.74, 6) is -0.112. The molecule has 1 heterocycles. The van der Waals surface area contributed by atoms with Crippen LogP contribution in [0.5, 0.6) is 0 Å². The van der Waals surface area contributed by atoms with Gasteiger partial charge in [0.2, 0.25) is 11.0 Å². The second-order valence-corrected chi connectivity index (χ2v) is 7.26. The van der Waals surface area contributed by atoms with Crippen molar-refractivity contribution in [2.24, 2.45) is 0 Å². The molecular weight excluding hydrogens is 352 g/mol. The summed E-state index contributed by atoms with van der Waals surface area (Å²) in [6.45, 7) is 4.17. The van der Waals surface area contributed by atoms with Gasteiger partial charge in [0.25, 0.3) is 0 Å². The van der Waals surface area contributed by atoms with E-state index >= 15 is 0 Å². The molecule has 0 unspecified atom stereocenters. The van der Waals surface area contributed by atoms with Gasteiger partial charge in [-0.1, -0.05) is 41.7 Å². The van der Waals surface area contributed by atoms with Crippen LogP contribution in [0.2, 0.25) is 0 Å². The monoisotopic (exact) mass is 370 g/mol. The largest absolute Gasteiger partial charge is 0.324 e. The minimum absolute atomic E-state index is 0.112. The van der Waals surface area contributed by atoms with Crippen molar-refractivity contribution >= 4 is 46.0 Å². The van der Waals surface area contributed by atoms with Crippen molar-refractivity contribution in [1.82, 2.24) is 10.2 Å². The summed E-state index contributed by atoms with van der Waals surface area (Å²) in [5, 5.41) is 10.6. The first kappa shape index (κ1) is 17.3. The third-order valence-corrected chi connectivity index (χ3v) is 5.02. The zero-order valence-electron chi connectivity index (χ0n) is 13.9. The van der Waals surface area contributed by atoms with Crippen LogP contribution in [0.3, 0.4) is 0 Å². The molecule has 3 aromatic rings. The van der Waals surface area contributed by atoms with E-state index in [0.29, 0.717) is 9.09 Å². The maximum atomic E-state index is 12.6. The molecule has 0 fully saturated rings. The third-order valence-electron chi connectivity index (χ3n) is 3.91. The van der Waals surface area contributed by atoms with Crippen molar-refractivity contribution in [1.29, 1.82) is 0 Å². The lowest BCUT2D eigenvalue weighted by Crippen LogP contribution is -2.30. The smallest absolute Gasteiger partial charge is 0.244 e. The Labute approximate surface area is 155 Å². The minimum Gasteiger partial charge on any atom is -0.324 e. The summed E-state index contributed by atoms with van der Waals surface area (Å²) in [6, 6.07) is 15.5. The number of carbonyl (C=O) groups is 1. The van der Waals surface area contributed by atoms with Crippen LogP contribution in [-0.2, 0) is 4.79 Å². The molecule has 128 valence electrons. The molecule has 25 heavy (non-hydrogen) atoms. The zero-order valence-corrected chi connectivity index (χ0v) is 15.6. The van der Waals surface area contributed by atoms with Gasteiger partial charge in [-0.25, -0.2) is 0 Å². The highest BCUT2D eigenvalue weighted by Gasteiger charge is 2.17. The number of aromatic nitrogens is 2. The number of hydrogen-bond acceptors (Lipinski definition) is 5. The van der Waals surface area contributed by atoms with E-state index in [2.05, 4.69) is 15.5 Å². The number of para-hydroxylation sites is 1. The summed E-state index contributed by atoms with van der Waals surface area (Å²) in [4.78, 5) is 14.5. The Morgan fingerprint density at radius 2 is 1.96 bits per heavy atom. The predicted octanol–water partition coefficient (Wildman–Crippen LogP) is 4.59. The Balaban J connectivity index is 1.84. The van der Waals surface area contributed by atoms with Crippen LogP contribution in [0.15, 0.2) is 48.5 Å². The second-order valence-electron chi connectivity index (χ2n) is 5.61.